The highest BCUT2D eigenvalue weighted by Crippen LogP contribution is 2.44. The van der Waals surface area contributed by atoms with Crippen LogP contribution in [0.3, 0.4) is 0 Å². The van der Waals surface area contributed by atoms with Gasteiger partial charge in [-0.1, -0.05) is 42.5 Å². The van der Waals surface area contributed by atoms with Gasteiger partial charge in [0.25, 0.3) is 0 Å². The molecule has 0 bridgehead atoms. The Morgan fingerprint density at radius 3 is 2.60 bits per heavy atom. The number of para-hydroxylation sites is 1. The third kappa shape index (κ3) is 1.49. The van der Waals surface area contributed by atoms with Gasteiger partial charge in [0.15, 0.2) is 0 Å². The standard InChI is InChI=1S/C17H16N2O/c20-16-18-15-10-4-3-9-14(15)17(19-16)11-5-7-12-6-1-2-8-13(12)17/h1-4,6,8-10H,5,7,11H2,(H2,18,19,20). The van der Waals surface area contributed by atoms with Gasteiger partial charge in [-0.2, -0.15) is 0 Å². The highest BCUT2D eigenvalue weighted by Gasteiger charge is 2.43. The Morgan fingerprint density at radius 2 is 1.70 bits per heavy atom. The molecule has 1 atom stereocenters. The number of hydrogen-bond donors (Lipinski definition) is 2. The number of carbonyl (C=O) groups is 1. The van der Waals surface area contributed by atoms with E-state index in [1.54, 1.807) is 0 Å². The quantitative estimate of drug-likeness (QED) is 0.752. The summed E-state index contributed by atoms with van der Waals surface area (Å²) < 4.78 is 0. The molecule has 1 aliphatic carbocycles. The number of carbonyl (C=O) groups excluding carboxylic acids is 1. The number of fused-ring (bicyclic) bond motifs is 4. The van der Waals surface area contributed by atoms with E-state index in [-0.39, 0.29) is 11.6 Å². The Morgan fingerprint density at radius 1 is 0.950 bits per heavy atom. The average molecular weight is 264 g/mol. The fourth-order valence-electron chi connectivity index (χ4n) is 3.62. The van der Waals surface area contributed by atoms with Crippen LogP contribution < -0.4 is 10.6 Å². The summed E-state index contributed by atoms with van der Waals surface area (Å²) in [7, 11) is 0. The smallest absolute Gasteiger partial charge is 0.320 e. The van der Waals surface area contributed by atoms with Gasteiger partial charge in [0.1, 0.15) is 0 Å². The zero-order valence-corrected chi connectivity index (χ0v) is 11.1. The normalized spacial score (nSPS) is 23.5. The Labute approximate surface area is 118 Å². The molecule has 100 valence electrons. The summed E-state index contributed by atoms with van der Waals surface area (Å²) in [6.45, 7) is 0. The molecule has 1 unspecified atom stereocenters. The minimum Gasteiger partial charge on any atom is -0.324 e. The summed E-state index contributed by atoms with van der Waals surface area (Å²) in [6, 6.07) is 16.4. The number of amides is 2. The van der Waals surface area contributed by atoms with Crippen molar-refractivity contribution in [2.45, 2.75) is 24.8 Å². The first kappa shape index (κ1) is 11.5. The van der Waals surface area contributed by atoms with E-state index in [0.717, 1.165) is 24.9 Å². The molecule has 20 heavy (non-hydrogen) atoms. The van der Waals surface area contributed by atoms with Crippen molar-refractivity contribution < 1.29 is 4.79 Å². The van der Waals surface area contributed by atoms with Crippen molar-refractivity contribution in [2.24, 2.45) is 0 Å². The van der Waals surface area contributed by atoms with Crippen LogP contribution in [0.4, 0.5) is 10.5 Å². The lowest BCUT2D eigenvalue weighted by atomic mass is 9.71. The number of anilines is 1. The van der Waals surface area contributed by atoms with E-state index < -0.39 is 0 Å². The van der Waals surface area contributed by atoms with Gasteiger partial charge in [0.05, 0.1) is 5.54 Å². The molecule has 2 aromatic carbocycles. The molecule has 2 aromatic rings. The topological polar surface area (TPSA) is 41.1 Å². The highest BCUT2D eigenvalue weighted by atomic mass is 16.2. The van der Waals surface area contributed by atoms with Crippen LogP contribution in [0.1, 0.15) is 29.5 Å². The predicted octanol–water partition coefficient (Wildman–Crippen LogP) is 3.40. The lowest BCUT2D eigenvalue weighted by Gasteiger charge is -2.44. The highest BCUT2D eigenvalue weighted by molar-refractivity contribution is 5.94. The van der Waals surface area contributed by atoms with Crippen molar-refractivity contribution in [3.63, 3.8) is 0 Å². The Kier molecular flexibility index (Phi) is 2.36. The molecule has 4 rings (SSSR count). The maximum absolute atomic E-state index is 12.1. The summed E-state index contributed by atoms with van der Waals surface area (Å²) in [6.07, 6.45) is 3.13. The number of benzene rings is 2. The monoisotopic (exact) mass is 264 g/mol. The number of urea groups is 1. The SMILES string of the molecule is O=C1Nc2ccccc2C2(CCCc3ccccc32)N1. The third-order valence-corrected chi connectivity index (χ3v) is 4.44. The lowest BCUT2D eigenvalue weighted by Crippen LogP contribution is -2.53. The molecule has 0 saturated heterocycles. The Hall–Kier alpha value is -2.29. The van der Waals surface area contributed by atoms with Gasteiger partial charge in [0.2, 0.25) is 0 Å². The first-order valence-electron chi connectivity index (χ1n) is 7.07. The van der Waals surface area contributed by atoms with E-state index in [9.17, 15) is 4.79 Å². The van der Waals surface area contributed by atoms with Crippen LogP contribution in [-0.2, 0) is 12.0 Å². The molecule has 2 amide bonds. The molecule has 2 N–H and O–H groups in total. The van der Waals surface area contributed by atoms with Crippen molar-refractivity contribution in [1.82, 2.24) is 5.32 Å². The number of aryl methyl sites for hydroxylation is 1. The first-order valence-corrected chi connectivity index (χ1v) is 7.07. The van der Waals surface area contributed by atoms with Gasteiger partial charge in [-0.3, -0.25) is 0 Å². The number of hydrogen-bond acceptors (Lipinski definition) is 1. The Bertz CT molecular complexity index is 695. The minimum atomic E-state index is -0.367. The van der Waals surface area contributed by atoms with Crippen LogP contribution in [0.25, 0.3) is 0 Å². The van der Waals surface area contributed by atoms with E-state index in [1.807, 2.05) is 18.2 Å². The molecule has 0 fully saturated rings. The second kappa shape index (κ2) is 4.10. The van der Waals surface area contributed by atoms with Gasteiger partial charge in [0, 0.05) is 11.3 Å². The van der Waals surface area contributed by atoms with Crippen molar-refractivity contribution in [1.29, 1.82) is 0 Å². The molecule has 0 saturated carbocycles. The predicted molar refractivity (Wildman–Crippen MR) is 78.8 cm³/mol. The van der Waals surface area contributed by atoms with Crippen molar-refractivity contribution >= 4 is 11.7 Å². The van der Waals surface area contributed by atoms with Gasteiger partial charge in [-0.05, 0) is 36.5 Å². The largest absolute Gasteiger partial charge is 0.324 e. The molecular weight excluding hydrogens is 248 g/mol. The number of rotatable bonds is 0. The average Bonchev–Trinajstić information content (AvgIpc) is 2.48. The van der Waals surface area contributed by atoms with Crippen LogP contribution in [-0.4, -0.2) is 6.03 Å². The number of nitrogens with one attached hydrogen (secondary N) is 2. The molecule has 3 nitrogen and oxygen atoms in total. The molecular formula is C17H16N2O. The fraction of sp³-hybridized carbons (Fsp3) is 0.235. The summed E-state index contributed by atoms with van der Waals surface area (Å²) in [5, 5.41) is 6.11. The fourth-order valence-corrected chi connectivity index (χ4v) is 3.62. The Balaban J connectivity index is 2.00. The van der Waals surface area contributed by atoms with Crippen LogP contribution in [0, 0.1) is 0 Å². The van der Waals surface area contributed by atoms with E-state index in [2.05, 4.69) is 41.0 Å². The maximum Gasteiger partial charge on any atom is 0.320 e. The first-order chi connectivity index (χ1) is 9.79. The van der Waals surface area contributed by atoms with Crippen LogP contribution >= 0.6 is 0 Å². The second-order valence-electron chi connectivity index (χ2n) is 5.54. The van der Waals surface area contributed by atoms with E-state index >= 15 is 0 Å². The molecule has 3 heteroatoms. The third-order valence-electron chi connectivity index (χ3n) is 4.44. The summed E-state index contributed by atoms with van der Waals surface area (Å²) in [4.78, 5) is 12.1. The van der Waals surface area contributed by atoms with Crippen molar-refractivity contribution in [2.75, 3.05) is 5.32 Å². The summed E-state index contributed by atoms with van der Waals surface area (Å²) >= 11 is 0. The molecule has 1 aliphatic heterocycles. The molecule has 2 aliphatic rings. The van der Waals surface area contributed by atoms with Gasteiger partial charge >= 0.3 is 6.03 Å². The van der Waals surface area contributed by atoms with E-state index in [4.69, 9.17) is 0 Å². The molecule has 0 radical (unpaired) electrons. The van der Waals surface area contributed by atoms with Crippen LogP contribution in [0.2, 0.25) is 0 Å². The zero-order chi connectivity index (χ0) is 13.6. The molecule has 0 aromatic heterocycles. The van der Waals surface area contributed by atoms with Gasteiger partial charge < -0.3 is 10.6 Å². The minimum absolute atomic E-state index is 0.111. The lowest BCUT2D eigenvalue weighted by molar-refractivity contribution is 0.235. The van der Waals surface area contributed by atoms with E-state index in [0.29, 0.717) is 0 Å². The van der Waals surface area contributed by atoms with Crippen LogP contribution in [0.15, 0.2) is 48.5 Å². The van der Waals surface area contributed by atoms with Crippen molar-refractivity contribution in [3.8, 4) is 0 Å². The zero-order valence-electron chi connectivity index (χ0n) is 11.1. The van der Waals surface area contributed by atoms with Crippen LogP contribution in [0.5, 0.6) is 0 Å². The molecule has 1 spiro atoms. The van der Waals surface area contributed by atoms with Crippen molar-refractivity contribution in [3.05, 3.63) is 65.2 Å². The maximum atomic E-state index is 12.1. The molecule has 1 heterocycles. The summed E-state index contributed by atoms with van der Waals surface area (Å²) in [5.74, 6) is 0. The van der Waals surface area contributed by atoms with Gasteiger partial charge in [-0.15, -0.1) is 0 Å². The van der Waals surface area contributed by atoms with E-state index in [1.165, 1.54) is 16.7 Å². The van der Waals surface area contributed by atoms with Gasteiger partial charge in [-0.25, -0.2) is 4.79 Å². The second-order valence-corrected chi connectivity index (χ2v) is 5.54. The summed E-state index contributed by atoms with van der Waals surface area (Å²) in [5.41, 5.74) is 4.32.